The molecule has 26 heavy (non-hydrogen) atoms. The number of aromatic nitrogens is 1. The predicted octanol–water partition coefficient (Wildman–Crippen LogP) is 0.638. The second-order valence-electron chi connectivity index (χ2n) is 7.15. The second kappa shape index (κ2) is 7.68. The molecular formula is C18H24ClN4O2S+. The normalized spacial score (nSPS) is 20.3. The number of aliphatic hydroxyl groups is 1. The van der Waals surface area contributed by atoms with Crippen molar-refractivity contribution >= 4 is 44.2 Å². The number of rotatable bonds is 5. The minimum atomic E-state index is -0.441. The lowest BCUT2D eigenvalue weighted by molar-refractivity contribution is -0.903. The van der Waals surface area contributed by atoms with Crippen LogP contribution in [-0.4, -0.2) is 72.8 Å². The Balaban J connectivity index is 1.29. The topological polar surface area (TPSA) is 61.1 Å². The van der Waals surface area contributed by atoms with E-state index in [1.807, 2.05) is 18.2 Å². The summed E-state index contributed by atoms with van der Waals surface area (Å²) in [5.74, 6) is 0.180. The minimum Gasteiger partial charge on any atom is -0.385 e. The number of likely N-dealkylation sites (tertiary alicyclic amines) is 1. The molecule has 0 bridgehead atoms. The van der Waals surface area contributed by atoms with Crippen LogP contribution in [-0.2, 0) is 4.79 Å². The Morgan fingerprint density at radius 1 is 1.31 bits per heavy atom. The van der Waals surface area contributed by atoms with Gasteiger partial charge >= 0.3 is 0 Å². The van der Waals surface area contributed by atoms with Gasteiger partial charge in [0.2, 0.25) is 5.91 Å². The summed E-state index contributed by atoms with van der Waals surface area (Å²) in [5, 5.41) is 12.1. The van der Waals surface area contributed by atoms with Gasteiger partial charge in [-0.3, -0.25) is 4.79 Å². The van der Waals surface area contributed by atoms with Crippen LogP contribution in [0.3, 0.4) is 0 Å². The number of β-amino-alcohol motifs (C(OH)–C–C–N with tert-alkyl or cyclic N) is 1. The van der Waals surface area contributed by atoms with Crippen LogP contribution in [0.25, 0.3) is 10.2 Å². The molecule has 0 aliphatic carbocycles. The van der Waals surface area contributed by atoms with E-state index in [0.717, 1.165) is 59.5 Å². The van der Waals surface area contributed by atoms with E-state index in [4.69, 9.17) is 16.6 Å². The van der Waals surface area contributed by atoms with E-state index < -0.39 is 6.10 Å². The number of quaternary nitrogens is 1. The number of carbonyl (C=O) groups excluding carboxylic acids is 1. The Labute approximate surface area is 162 Å². The number of amides is 1. The number of aliphatic hydroxyl groups excluding tert-OH is 1. The van der Waals surface area contributed by atoms with Gasteiger partial charge in [-0.1, -0.05) is 22.9 Å². The molecule has 2 aliphatic rings. The van der Waals surface area contributed by atoms with Crippen LogP contribution >= 0.6 is 22.9 Å². The zero-order valence-corrected chi connectivity index (χ0v) is 16.2. The van der Waals surface area contributed by atoms with Crippen molar-refractivity contribution in [2.24, 2.45) is 0 Å². The summed E-state index contributed by atoms with van der Waals surface area (Å²) in [6, 6.07) is 5.81. The largest absolute Gasteiger partial charge is 0.385 e. The molecule has 0 radical (unpaired) electrons. The van der Waals surface area contributed by atoms with Gasteiger partial charge in [0.1, 0.15) is 12.6 Å². The molecule has 2 N–H and O–H groups in total. The van der Waals surface area contributed by atoms with Gasteiger partial charge in [0.15, 0.2) is 5.13 Å². The molecular weight excluding hydrogens is 372 g/mol. The van der Waals surface area contributed by atoms with Gasteiger partial charge in [0.25, 0.3) is 0 Å². The van der Waals surface area contributed by atoms with Gasteiger partial charge < -0.3 is 19.8 Å². The predicted molar refractivity (Wildman–Crippen MR) is 104 cm³/mol. The molecule has 4 rings (SSSR count). The smallest absolute Gasteiger partial charge is 0.222 e. The Hall–Kier alpha value is -1.41. The number of benzene rings is 1. The van der Waals surface area contributed by atoms with Crippen LogP contribution < -0.4 is 9.80 Å². The standard InChI is InChI=1S/C18H23ClN4O2S/c19-13-3-4-15-16(10-13)26-18(20-15)22-8-6-21(7-9-22)11-14(24)12-23-5-1-2-17(23)25/h3-4,10,14,24H,1-2,5-9,11-12H2/p+1/t14-/m0/s1. The summed E-state index contributed by atoms with van der Waals surface area (Å²) in [6.07, 6.45) is 1.11. The number of piperazine rings is 1. The molecule has 2 fully saturated rings. The van der Waals surface area contributed by atoms with Crippen molar-refractivity contribution in [3.63, 3.8) is 0 Å². The quantitative estimate of drug-likeness (QED) is 0.780. The number of hydrogen-bond acceptors (Lipinski definition) is 5. The summed E-state index contributed by atoms with van der Waals surface area (Å²) in [5.41, 5.74) is 0.995. The monoisotopic (exact) mass is 395 g/mol. The fourth-order valence-corrected chi connectivity index (χ4v) is 5.08. The molecule has 1 amide bonds. The molecule has 0 unspecified atom stereocenters. The number of carbonyl (C=O) groups is 1. The average Bonchev–Trinajstić information content (AvgIpc) is 3.21. The van der Waals surface area contributed by atoms with E-state index >= 15 is 0 Å². The summed E-state index contributed by atoms with van der Waals surface area (Å²) in [7, 11) is 0. The number of nitrogens with one attached hydrogen (secondary N) is 1. The van der Waals surface area contributed by atoms with Crippen molar-refractivity contribution < 1.29 is 14.8 Å². The van der Waals surface area contributed by atoms with Crippen LogP contribution in [0.2, 0.25) is 5.02 Å². The van der Waals surface area contributed by atoms with E-state index in [1.54, 1.807) is 16.2 Å². The van der Waals surface area contributed by atoms with Crippen LogP contribution in [0.5, 0.6) is 0 Å². The Morgan fingerprint density at radius 3 is 2.85 bits per heavy atom. The van der Waals surface area contributed by atoms with E-state index in [1.165, 1.54) is 4.90 Å². The highest BCUT2D eigenvalue weighted by Crippen LogP contribution is 2.30. The first-order chi connectivity index (χ1) is 12.6. The number of hydrogen-bond donors (Lipinski definition) is 2. The summed E-state index contributed by atoms with van der Waals surface area (Å²) in [6.45, 7) is 5.78. The lowest BCUT2D eigenvalue weighted by atomic mass is 10.2. The molecule has 2 aliphatic heterocycles. The van der Waals surface area contributed by atoms with Gasteiger partial charge in [0, 0.05) is 18.0 Å². The maximum atomic E-state index is 11.7. The molecule has 0 saturated carbocycles. The highest BCUT2D eigenvalue weighted by molar-refractivity contribution is 7.22. The van der Waals surface area contributed by atoms with Crippen LogP contribution in [0.1, 0.15) is 12.8 Å². The van der Waals surface area contributed by atoms with Crippen LogP contribution in [0.4, 0.5) is 5.13 Å². The molecule has 2 aromatic rings. The Kier molecular flexibility index (Phi) is 5.31. The average molecular weight is 396 g/mol. The van der Waals surface area contributed by atoms with E-state index in [2.05, 4.69) is 4.90 Å². The Morgan fingerprint density at radius 2 is 2.12 bits per heavy atom. The number of halogens is 1. The molecule has 1 aromatic heterocycles. The highest BCUT2D eigenvalue weighted by atomic mass is 35.5. The zero-order valence-electron chi connectivity index (χ0n) is 14.7. The summed E-state index contributed by atoms with van der Waals surface area (Å²) in [4.78, 5) is 21.9. The van der Waals surface area contributed by atoms with Crippen LogP contribution in [0, 0.1) is 0 Å². The van der Waals surface area contributed by atoms with E-state index in [9.17, 15) is 9.90 Å². The third kappa shape index (κ3) is 3.96. The molecule has 2 saturated heterocycles. The fourth-order valence-electron chi connectivity index (χ4n) is 3.79. The van der Waals surface area contributed by atoms with Crippen LogP contribution in [0.15, 0.2) is 18.2 Å². The summed E-state index contributed by atoms with van der Waals surface area (Å²) >= 11 is 7.75. The first-order valence-corrected chi connectivity index (χ1v) is 10.4. The number of thiazole rings is 1. The third-order valence-electron chi connectivity index (χ3n) is 5.21. The van der Waals surface area contributed by atoms with Crippen molar-refractivity contribution in [3.05, 3.63) is 23.2 Å². The van der Waals surface area contributed by atoms with Gasteiger partial charge in [0.05, 0.1) is 42.9 Å². The second-order valence-corrected chi connectivity index (χ2v) is 8.59. The molecule has 1 aromatic carbocycles. The van der Waals surface area contributed by atoms with E-state index in [0.29, 0.717) is 19.5 Å². The zero-order chi connectivity index (χ0) is 18.1. The SMILES string of the molecule is O=C1CCCN1C[C@@H](O)C[NH+]1CCN(c2nc3ccc(Cl)cc3s2)CC1. The molecule has 6 nitrogen and oxygen atoms in total. The van der Waals surface area contributed by atoms with Crippen molar-refractivity contribution in [2.45, 2.75) is 18.9 Å². The molecule has 3 heterocycles. The number of anilines is 1. The summed E-state index contributed by atoms with van der Waals surface area (Å²) < 4.78 is 1.12. The van der Waals surface area contributed by atoms with Crippen molar-refractivity contribution in [3.8, 4) is 0 Å². The lowest BCUT2D eigenvalue weighted by Gasteiger charge is -2.33. The number of fused-ring (bicyclic) bond motifs is 1. The fraction of sp³-hybridized carbons (Fsp3) is 0.556. The lowest BCUT2D eigenvalue weighted by Crippen LogP contribution is -3.16. The maximum absolute atomic E-state index is 11.7. The maximum Gasteiger partial charge on any atom is 0.222 e. The molecule has 0 spiro atoms. The first-order valence-electron chi connectivity index (χ1n) is 9.19. The van der Waals surface area contributed by atoms with Crippen molar-refractivity contribution in [1.29, 1.82) is 0 Å². The van der Waals surface area contributed by atoms with Gasteiger partial charge in [-0.25, -0.2) is 4.98 Å². The van der Waals surface area contributed by atoms with Crippen molar-refractivity contribution in [2.75, 3.05) is 50.7 Å². The van der Waals surface area contributed by atoms with Crippen molar-refractivity contribution in [1.82, 2.24) is 9.88 Å². The first kappa shape index (κ1) is 18.0. The van der Waals surface area contributed by atoms with Gasteiger partial charge in [-0.05, 0) is 24.6 Å². The molecule has 1 atom stereocenters. The highest BCUT2D eigenvalue weighted by Gasteiger charge is 2.27. The third-order valence-corrected chi connectivity index (χ3v) is 6.52. The molecule has 140 valence electrons. The molecule has 8 heteroatoms. The Bertz CT molecular complexity index is 791. The number of nitrogens with zero attached hydrogens (tertiary/aromatic N) is 3. The van der Waals surface area contributed by atoms with Gasteiger partial charge in [-0.2, -0.15) is 0 Å². The van der Waals surface area contributed by atoms with E-state index in [-0.39, 0.29) is 5.91 Å². The van der Waals surface area contributed by atoms with Gasteiger partial charge in [-0.15, -0.1) is 0 Å². The minimum absolute atomic E-state index is 0.180.